The Morgan fingerprint density at radius 1 is 1.07 bits per heavy atom. The molecule has 150 valence electrons. The first-order valence-corrected chi connectivity index (χ1v) is 10.3. The monoisotopic (exact) mass is 409 g/mol. The van der Waals surface area contributed by atoms with Crippen LogP contribution in [-0.2, 0) is 17.8 Å². The van der Waals surface area contributed by atoms with Crippen LogP contribution < -0.4 is 10.6 Å². The molecule has 1 aliphatic heterocycles. The quantitative estimate of drug-likeness (QED) is 0.637. The van der Waals surface area contributed by atoms with Crippen LogP contribution in [0.4, 0.5) is 11.4 Å². The number of rotatable bonds is 5. The Balaban J connectivity index is 1.47. The van der Waals surface area contributed by atoms with Gasteiger partial charge in [-0.25, -0.2) is 0 Å². The van der Waals surface area contributed by atoms with E-state index >= 15 is 0 Å². The molecule has 6 nitrogen and oxygen atoms in total. The minimum Gasteiger partial charge on any atom is -0.374 e. The van der Waals surface area contributed by atoms with Crippen LogP contribution in [0.3, 0.4) is 0 Å². The summed E-state index contributed by atoms with van der Waals surface area (Å²) in [7, 11) is 0. The van der Waals surface area contributed by atoms with E-state index in [1.165, 1.54) is 12.8 Å². The van der Waals surface area contributed by atoms with E-state index in [-0.39, 0.29) is 5.91 Å². The van der Waals surface area contributed by atoms with E-state index in [1.54, 1.807) is 24.3 Å². The summed E-state index contributed by atoms with van der Waals surface area (Å²) in [4.78, 5) is 12.5. The number of hydrogen-bond acceptors (Lipinski definition) is 4. The van der Waals surface area contributed by atoms with Gasteiger partial charge in [-0.2, -0.15) is 0 Å². The number of carbonyl (C=O) groups is 1. The first kappa shape index (κ1) is 19.5. The van der Waals surface area contributed by atoms with Crippen molar-refractivity contribution in [3.8, 4) is 11.4 Å². The number of nitrogens with zero attached hydrogens (tertiary/aromatic N) is 3. The van der Waals surface area contributed by atoms with Gasteiger partial charge in [-0.05, 0) is 56.2 Å². The van der Waals surface area contributed by atoms with Crippen molar-refractivity contribution >= 4 is 28.9 Å². The van der Waals surface area contributed by atoms with Gasteiger partial charge in [0.05, 0.1) is 0 Å². The molecule has 1 aromatic heterocycles. The average Bonchev–Trinajstić information content (AvgIpc) is 2.98. The molecule has 0 bridgehead atoms. The van der Waals surface area contributed by atoms with Crippen molar-refractivity contribution < 1.29 is 4.79 Å². The lowest BCUT2D eigenvalue weighted by Crippen LogP contribution is -2.31. The number of anilines is 2. The number of amides is 1. The number of carbonyl (C=O) groups excluding carboxylic acids is 1. The predicted molar refractivity (Wildman–Crippen MR) is 116 cm³/mol. The van der Waals surface area contributed by atoms with Crippen molar-refractivity contribution in [3.63, 3.8) is 0 Å². The van der Waals surface area contributed by atoms with Gasteiger partial charge >= 0.3 is 0 Å². The van der Waals surface area contributed by atoms with Crippen LogP contribution in [0.2, 0.25) is 5.02 Å². The lowest BCUT2D eigenvalue weighted by atomic mass is 10.1. The van der Waals surface area contributed by atoms with Crippen LogP contribution in [0.1, 0.15) is 32.0 Å². The second-order valence-electron chi connectivity index (χ2n) is 7.35. The minimum atomic E-state index is -0.406. The van der Waals surface area contributed by atoms with Crippen LogP contribution in [0.15, 0.2) is 48.5 Å². The van der Waals surface area contributed by atoms with E-state index in [1.807, 2.05) is 31.2 Å². The summed E-state index contributed by atoms with van der Waals surface area (Å²) in [5.74, 6) is 1.84. The zero-order valence-corrected chi connectivity index (χ0v) is 17.1. The Hall–Kier alpha value is -2.86. The second-order valence-corrected chi connectivity index (χ2v) is 7.78. The maximum absolute atomic E-state index is 12.5. The molecule has 0 unspecified atom stereocenters. The van der Waals surface area contributed by atoms with E-state index in [2.05, 4.69) is 25.4 Å². The fourth-order valence-corrected chi connectivity index (χ4v) is 3.67. The molecular formula is C22H24ClN5O. The smallest absolute Gasteiger partial charge is 0.246 e. The second kappa shape index (κ2) is 8.66. The standard InChI is InChI=1S/C22H24ClN5O/c1-15(22(29)25-18-11-9-17(23)10-12-18)24-19-7-5-6-16(14-19)21-27-26-20-8-3-2-4-13-28(20)21/h5-7,9-12,14-15,24H,2-4,8,13H2,1H3,(H,25,29)/t15-/m0/s1. The lowest BCUT2D eigenvalue weighted by molar-refractivity contribution is -0.116. The zero-order valence-electron chi connectivity index (χ0n) is 16.4. The number of halogens is 1. The van der Waals surface area contributed by atoms with Crippen LogP contribution in [0.5, 0.6) is 0 Å². The third-order valence-corrected chi connectivity index (χ3v) is 5.37. The first-order valence-electron chi connectivity index (χ1n) is 9.95. The highest BCUT2D eigenvalue weighted by Gasteiger charge is 2.17. The summed E-state index contributed by atoms with van der Waals surface area (Å²) in [5, 5.41) is 15.6. The molecule has 0 radical (unpaired) electrons. The summed E-state index contributed by atoms with van der Waals surface area (Å²) in [6, 6.07) is 14.6. The van der Waals surface area contributed by atoms with Gasteiger partial charge in [-0.1, -0.05) is 30.2 Å². The van der Waals surface area contributed by atoms with Crippen molar-refractivity contribution in [1.29, 1.82) is 0 Å². The highest BCUT2D eigenvalue weighted by atomic mass is 35.5. The molecule has 0 fully saturated rings. The van der Waals surface area contributed by atoms with Crippen molar-refractivity contribution in [2.75, 3.05) is 10.6 Å². The van der Waals surface area contributed by atoms with Gasteiger partial charge in [0.1, 0.15) is 11.9 Å². The first-order chi connectivity index (χ1) is 14.1. The topological polar surface area (TPSA) is 71.8 Å². The summed E-state index contributed by atoms with van der Waals surface area (Å²) in [5.41, 5.74) is 2.58. The summed E-state index contributed by atoms with van der Waals surface area (Å²) in [6.45, 7) is 2.79. The third kappa shape index (κ3) is 4.59. The van der Waals surface area contributed by atoms with Gasteiger partial charge in [-0.15, -0.1) is 10.2 Å². The van der Waals surface area contributed by atoms with E-state index < -0.39 is 6.04 Å². The van der Waals surface area contributed by atoms with Gasteiger partial charge in [0.25, 0.3) is 0 Å². The Kier molecular flexibility index (Phi) is 5.81. The minimum absolute atomic E-state index is 0.117. The highest BCUT2D eigenvalue weighted by molar-refractivity contribution is 6.30. The van der Waals surface area contributed by atoms with Gasteiger partial charge in [0.2, 0.25) is 5.91 Å². The SMILES string of the molecule is C[C@H](Nc1cccc(-c2nnc3n2CCCCC3)c1)C(=O)Nc1ccc(Cl)cc1. The number of aromatic nitrogens is 3. The van der Waals surface area contributed by atoms with Gasteiger partial charge < -0.3 is 15.2 Å². The molecule has 0 aliphatic carbocycles. The van der Waals surface area contributed by atoms with Gasteiger partial charge in [0.15, 0.2) is 5.82 Å². The maximum Gasteiger partial charge on any atom is 0.246 e. The largest absolute Gasteiger partial charge is 0.374 e. The highest BCUT2D eigenvalue weighted by Crippen LogP contribution is 2.25. The molecule has 2 heterocycles. The number of benzene rings is 2. The number of hydrogen-bond donors (Lipinski definition) is 2. The van der Waals surface area contributed by atoms with Gasteiger partial charge in [0, 0.05) is 34.9 Å². The fraction of sp³-hybridized carbons (Fsp3) is 0.318. The molecule has 0 saturated heterocycles. The molecule has 0 saturated carbocycles. The molecule has 2 aromatic carbocycles. The molecule has 29 heavy (non-hydrogen) atoms. The Morgan fingerprint density at radius 2 is 1.90 bits per heavy atom. The van der Waals surface area contributed by atoms with Crippen LogP contribution >= 0.6 is 11.6 Å². The van der Waals surface area contributed by atoms with Crippen molar-refractivity contribution in [2.45, 2.75) is 45.2 Å². The number of aryl methyl sites for hydroxylation is 1. The third-order valence-electron chi connectivity index (χ3n) is 5.12. The fourth-order valence-electron chi connectivity index (χ4n) is 3.55. The van der Waals surface area contributed by atoms with Crippen LogP contribution in [-0.4, -0.2) is 26.7 Å². The number of nitrogens with one attached hydrogen (secondary N) is 2. The molecule has 3 aromatic rings. The number of fused-ring (bicyclic) bond motifs is 1. The lowest BCUT2D eigenvalue weighted by Gasteiger charge is -2.16. The van der Waals surface area contributed by atoms with E-state index in [4.69, 9.17) is 11.6 Å². The average molecular weight is 410 g/mol. The normalized spacial score (nSPS) is 14.6. The summed E-state index contributed by atoms with van der Waals surface area (Å²) < 4.78 is 2.22. The van der Waals surface area contributed by atoms with Gasteiger partial charge in [-0.3, -0.25) is 4.79 Å². The molecule has 0 spiro atoms. The summed E-state index contributed by atoms with van der Waals surface area (Å²) >= 11 is 5.89. The molecule has 4 rings (SSSR count). The van der Waals surface area contributed by atoms with Crippen LogP contribution in [0.25, 0.3) is 11.4 Å². The maximum atomic E-state index is 12.5. The van der Waals surface area contributed by atoms with E-state index in [0.717, 1.165) is 42.3 Å². The molecule has 7 heteroatoms. The zero-order chi connectivity index (χ0) is 20.2. The molecule has 1 amide bonds. The van der Waals surface area contributed by atoms with E-state index in [9.17, 15) is 4.79 Å². The predicted octanol–water partition coefficient (Wildman–Crippen LogP) is 4.76. The van der Waals surface area contributed by atoms with Crippen molar-refractivity contribution in [1.82, 2.24) is 14.8 Å². The Labute approximate surface area is 175 Å². The summed E-state index contributed by atoms with van der Waals surface area (Å²) in [6.07, 6.45) is 4.52. The molecular weight excluding hydrogens is 386 g/mol. The van der Waals surface area contributed by atoms with E-state index in [0.29, 0.717) is 10.7 Å². The molecule has 1 aliphatic rings. The Bertz CT molecular complexity index is 999. The van der Waals surface area contributed by atoms with Crippen molar-refractivity contribution in [2.24, 2.45) is 0 Å². The van der Waals surface area contributed by atoms with Crippen LogP contribution in [0, 0.1) is 0 Å². The van der Waals surface area contributed by atoms with Crippen molar-refractivity contribution in [3.05, 3.63) is 59.4 Å². The Morgan fingerprint density at radius 3 is 2.72 bits per heavy atom. The molecule has 1 atom stereocenters. The molecule has 2 N–H and O–H groups in total.